The predicted octanol–water partition coefficient (Wildman–Crippen LogP) is 2.27. The number of aryl methyl sites for hydroxylation is 2. The normalized spacial score (nSPS) is 12.1. The highest BCUT2D eigenvalue weighted by Gasteiger charge is 2.15. The topological polar surface area (TPSA) is 92.9 Å². The van der Waals surface area contributed by atoms with E-state index in [0.29, 0.717) is 18.0 Å². The largest absolute Gasteiger partial charge is 0.463 e. The van der Waals surface area contributed by atoms with Gasteiger partial charge in [-0.05, 0) is 51.1 Å². The van der Waals surface area contributed by atoms with E-state index in [2.05, 4.69) is 15.4 Å². The second kappa shape index (κ2) is 6.80. The van der Waals surface area contributed by atoms with Crippen LogP contribution in [0.1, 0.15) is 28.7 Å². The smallest absolute Gasteiger partial charge is 0.261 e. The molecule has 0 saturated carbocycles. The zero-order valence-electron chi connectivity index (χ0n) is 14.4. The molecule has 0 saturated heterocycles. The van der Waals surface area contributed by atoms with Gasteiger partial charge in [-0.2, -0.15) is 5.10 Å². The number of rotatable bonds is 5. The molecule has 7 heteroatoms. The molecule has 25 heavy (non-hydrogen) atoms. The van der Waals surface area contributed by atoms with E-state index in [9.17, 15) is 9.59 Å². The van der Waals surface area contributed by atoms with Gasteiger partial charge in [-0.1, -0.05) is 0 Å². The molecule has 0 bridgehead atoms. The Morgan fingerprint density at radius 3 is 2.76 bits per heavy atom. The Labute approximate surface area is 144 Å². The van der Waals surface area contributed by atoms with Crippen LogP contribution in [-0.4, -0.2) is 26.7 Å². The number of H-pyrrole nitrogens is 1. The average molecular weight is 340 g/mol. The summed E-state index contributed by atoms with van der Waals surface area (Å²) in [5.41, 5.74) is 2.10. The molecule has 0 spiro atoms. The lowest BCUT2D eigenvalue weighted by Gasteiger charge is -2.15. The van der Waals surface area contributed by atoms with Crippen LogP contribution in [0, 0.1) is 13.8 Å². The molecule has 3 heterocycles. The van der Waals surface area contributed by atoms with Gasteiger partial charge >= 0.3 is 0 Å². The number of aromatic nitrogens is 3. The van der Waals surface area contributed by atoms with Crippen molar-refractivity contribution in [2.24, 2.45) is 0 Å². The molecule has 130 valence electrons. The molecule has 0 aliphatic heterocycles. The molecule has 1 atom stereocenters. The van der Waals surface area contributed by atoms with E-state index in [1.807, 2.05) is 31.5 Å². The van der Waals surface area contributed by atoms with Crippen LogP contribution in [0.5, 0.6) is 0 Å². The van der Waals surface area contributed by atoms with Crippen molar-refractivity contribution in [3.63, 3.8) is 0 Å². The SMILES string of the molecule is Cc1cc(C)n(CC(C)NC(=O)c2ccc(-c3ccco3)[nH]c2=O)n1. The fourth-order valence-corrected chi connectivity index (χ4v) is 2.69. The van der Waals surface area contributed by atoms with E-state index >= 15 is 0 Å². The molecule has 0 fully saturated rings. The molecule has 0 radical (unpaired) electrons. The van der Waals surface area contributed by atoms with Gasteiger partial charge < -0.3 is 14.7 Å². The summed E-state index contributed by atoms with van der Waals surface area (Å²) in [6.45, 7) is 6.30. The van der Waals surface area contributed by atoms with Crippen LogP contribution in [0.15, 0.2) is 45.8 Å². The zero-order chi connectivity index (χ0) is 18.0. The van der Waals surface area contributed by atoms with Gasteiger partial charge in [0.2, 0.25) is 0 Å². The summed E-state index contributed by atoms with van der Waals surface area (Å²) in [5.74, 6) is 0.128. The minimum Gasteiger partial charge on any atom is -0.463 e. The molecule has 1 unspecified atom stereocenters. The van der Waals surface area contributed by atoms with Crippen molar-refractivity contribution >= 4 is 5.91 Å². The van der Waals surface area contributed by atoms with Crippen LogP contribution >= 0.6 is 0 Å². The third-order valence-electron chi connectivity index (χ3n) is 3.87. The van der Waals surface area contributed by atoms with Gasteiger partial charge in [-0.25, -0.2) is 0 Å². The summed E-state index contributed by atoms with van der Waals surface area (Å²) in [7, 11) is 0. The lowest BCUT2D eigenvalue weighted by molar-refractivity contribution is 0.0934. The van der Waals surface area contributed by atoms with Crippen molar-refractivity contribution in [3.8, 4) is 11.5 Å². The quantitative estimate of drug-likeness (QED) is 0.745. The number of hydrogen-bond acceptors (Lipinski definition) is 4. The van der Waals surface area contributed by atoms with Crippen LogP contribution in [-0.2, 0) is 6.54 Å². The maximum atomic E-state index is 12.4. The van der Waals surface area contributed by atoms with E-state index in [-0.39, 0.29) is 11.6 Å². The van der Waals surface area contributed by atoms with Crippen LogP contribution in [0.2, 0.25) is 0 Å². The van der Waals surface area contributed by atoms with Crippen molar-refractivity contribution in [3.05, 3.63) is 63.9 Å². The molecule has 2 N–H and O–H groups in total. The summed E-state index contributed by atoms with van der Waals surface area (Å²) < 4.78 is 7.08. The van der Waals surface area contributed by atoms with Crippen LogP contribution in [0.25, 0.3) is 11.5 Å². The molecule has 0 aliphatic carbocycles. The predicted molar refractivity (Wildman–Crippen MR) is 93.4 cm³/mol. The molecule has 0 aliphatic rings. The maximum Gasteiger partial charge on any atom is 0.261 e. The highest BCUT2D eigenvalue weighted by atomic mass is 16.3. The lowest BCUT2D eigenvalue weighted by atomic mass is 10.2. The Balaban J connectivity index is 1.70. The molecule has 3 rings (SSSR count). The second-order valence-electron chi connectivity index (χ2n) is 6.08. The number of aromatic amines is 1. The minimum atomic E-state index is -0.454. The van der Waals surface area contributed by atoms with Crippen LogP contribution in [0.4, 0.5) is 0 Å². The number of nitrogens with one attached hydrogen (secondary N) is 2. The Morgan fingerprint density at radius 1 is 1.36 bits per heavy atom. The van der Waals surface area contributed by atoms with E-state index < -0.39 is 11.5 Å². The minimum absolute atomic E-state index is 0.0653. The third kappa shape index (κ3) is 3.71. The van der Waals surface area contributed by atoms with Gasteiger partial charge in [0.25, 0.3) is 11.5 Å². The average Bonchev–Trinajstić information content (AvgIpc) is 3.17. The van der Waals surface area contributed by atoms with Crippen molar-refractivity contribution in [2.75, 3.05) is 0 Å². The third-order valence-corrected chi connectivity index (χ3v) is 3.87. The first-order chi connectivity index (χ1) is 11.9. The number of carbonyl (C=O) groups excluding carboxylic acids is 1. The Kier molecular flexibility index (Phi) is 4.56. The van der Waals surface area contributed by atoms with Gasteiger partial charge in [0.1, 0.15) is 11.3 Å². The van der Waals surface area contributed by atoms with Crippen molar-refractivity contribution in [1.82, 2.24) is 20.1 Å². The van der Waals surface area contributed by atoms with Gasteiger partial charge in [0.15, 0.2) is 0 Å². The number of pyridine rings is 1. The zero-order valence-corrected chi connectivity index (χ0v) is 14.4. The van der Waals surface area contributed by atoms with Gasteiger partial charge in [-0.15, -0.1) is 0 Å². The molecule has 3 aromatic rings. The number of furan rings is 1. The summed E-state index contributed by atoms with van der Waals surface area (Å²) in [4.78, 5) is 27.2. The summed E-state index contributed by atoms with van der Waals surface area (Å²) in [6, 6.07) is 8.43. The maximum absolute atomic E-state index is 12.4. The molecule has 3 aromatic heterocycles. The Hall–Kier alpha value is -3.09. The number of amides is 1. The van der Waals surface area contributed by atoms with Crippen LogP contribution < -0.4 is 10.9 Å². The highest BCUT2D eigenvalue weighted by Crippen LogP contribution is 2.15. The second-order valence-corrected chi connectivity index (χ2v) is 6.08. The first-order valence-electron chi connectivity index (χ1n) is 8.03. The Bertz CT molecular complexity index is 938. The molecule has 1 amide bonds. The van der Waals surface area contributed by atoms with Gasteiger partial charge in [0.05, 0.1) is 24.2 Å². The molecule has 0 aromatic carbocycles. The fourth-order valence-electron chi connectivity index (χ4n) is 2.69. The first kappa shape index (κ1) is 16.8. The summed E-state index contributed by atoms with van der Waals surface area (Å²) in [6.07, 6.45) is 1.52. The molecular formula is C18H20N4O3. The number of hydrogen-bond donors (Lipinski definition) is 2. The van der Waals surface area contributed by atoms with E-state index in [1.165, 1.54) is 12.3 Å². The van der Waals surface area contributed by atoms with Crippen molar-refractivity contribution < 1.29 is 9.21 Å². The molecular weight excluding hydrogens is 320 g/mol. The highest BCUT2D eigenvalue weighted by molar-refractivity contribution is 5.94. The number of carbonyl (C=O) groups is 1. The van der Waals surface area contributed by atoms with E-state index in [1.54, 1.807) is 18.2 Å². The monoisotopic (exact) mass is 340 g/mol. The van der Waals surface area contributed by atoms with Crippen LogP contribution in [0.3, 0.4) is 0 Å². The van der Waals surface area contributed by atoms with Gasteiger partial charge in [0, 0.05) is 11.7 Å². The van der Waals surface area contributed by atoms with Gasteiger partial charge in [-0.3, -0.25) is 14.3 Å². The number of nitrogens with zero attached hydrogens (tertiary/aromatic N) is 2. The van der Waals surface area contributed by atoms with Crippen molar-refractivity contribution in [1.29, 1.82) is 0 Å². The summed E-state index contributed by atoms with van der Waals surface area (Å²) >= 11 is 0. The summed E-state index contributed by atoms with van der Waals surface area (Å²) in [5, 5.41) is 7.21. The lowest BCUT2D eigenvalue weighted by Crippen LogP contribution is -2.38. The first-order valence-corrected chi connectivity index (χ1v) is 8.03. The fraction of sp³-hybridized carbons (Fsp3) is 0.278. The van der Waals surface area contributed by atoms with E-state index in [4.69, 9.17) is 4.42 Å². The standard InChI is InChI=1S/C18H20N4O3/c1-11-9-13(3)22(21-11)10-12(2)19-17(23)14-6-7-15(20-18(14)24)16-5-4-8-25-16/h4-9,12H,10H2,1-3H3,(H,19,23)(H,20,24). The Morgan fingerprint density at radius 2 is 2.16 bits per heavy atom. The van der Waals surface area contributed by atoms with E-state index in [0.717, 1.165) is 11.4 Å². The van der Waals surface area contributed by atoms with Crippen molar-refractivity contribution in [2.45, 2.75) is 33.4 Å². The molecule has 7 nitrogen and oxygen atoms in total.